The minimum absolute atomic E-state index is 0.484. The molecule has 1 saturated heterocycles. The zero-order valence-electron chi connectivity index (χ0n) is 11.1. The Kier molecular flexibility index (Phi) is 4.40. The lowest BCUT2D eigenvalue weighted by atomic mass is 10.1. The summed E-state index contributed by atoms with van der Waals surface area (Å²) in [6.07, 6.45) is 4.13. The number of likely N-dealkylation sites (tertiary alicyclic amines) is 1. The van der Waals surface area contributed by atoms with Gasteiger partial charge in [-0.1, -0.05) is 6.42 Å². The first kappa shape index (κ1) is 12.8. The van der Waals surface area contributed by atoms with E-state index in [1.807, 2.05) is 0 Å². The molecule has 3 nitrogen and oxygen atoms in total. The quantitative estimate of drug-likeness (QED) is 0.894. The third-order valence-electron chi connectivity index (χ3n) is 3.38. The molecule has 0 radical (unpaired) electrons. The molecule has 17 heavy (non-hydrogen) atoms. The Labute approximate surface area is 108 Å². The molecular formula is C13H23N3S. The average molecular weight is 253 g/mol. The first-order valence-electron chi connectivity index (χ1n) is 6.58. The number of thiazole rings is 1. The number of piperidine rings is 1. The molecule has 1 unspecified atom stereocenters. The molecule has 0 saturated carbocycles. The summed E-state index contributed by atoms with van der Waals surface area (Å²) in [5.74, 6) is 0. The number of hydrogen-bond donors (Lipinski definition) is 1. The molecule has 1 aromatic heterocycles. The number of aryl methyl sites for hydroxylation is 2. The van der Waals surface area contributed by atoms with Gasteiger partial charge in [-0.05, 0) is 46.7 Å². The van der Waals surface area contributed by atoms with Crippen LogP contribution in [0, 0.1) is 13.8 Å². The van der Waals surface area contributed by atoms with Gasteiger partial charge in [0.2, 0.25) is 0 Å². The normalized spacial score (nSPS) is 19.2. The van der Waals surface area contributed by atoms with Gasteiger partial charge in [0.1, 0.15) is 0 Å². The van der Waals surface area contributed by atoms with Crippen molar-refractivity contribution in [3.63, 3.8) is 0 Å². The number of nitrogens with one attached hydrogen (secondary N) is 1. The first-order chi connectivity index (χ1) is 8.15. The Morgan fingerprint density at radius 3 is 2.59 bits per heavy atom. The Morgan fingerprint density at radius 1 is 1.29 bits per heavy atom. The van der Waals surface area contributed by atoms with Crippen molar-refractivity contribution in [2.45, 2.75) is 46.1 Å². The smallest absolute Gasteiger partial charge is 0.183 e. The van der Waals surface area contributed by atoms with E-state index in [0.717, 1.165) is 17.4 Å². The molecule has 0 aliphatic carbocycles. The molecule has 1 aliphatic rings. The first-order valence-corrected chi connectivity index (χ1v) is 7.39. The van der Waals surface area contributed by atoms with E-state index in [0.29, 0.717) is 6.04 Å². The van der Waals surface area contributed by atoms with Gasteiger partial charge in [0.25, 0.3) is 0 Å². The van der Waals surface area contributed by atoms with E-state index < -0.39 is 0 Å². The molecule has 4 heteroatoms. The van der Waals surface area contributed by atoms with E-state index in [2.05, 4.69) is 36.0 Å². The van der Waals surface area contributed by atoms with Crippen LogP contribution in [0.5, 0.6) is 0 Å². The highest BCUT2D eigenvalue weighted by Gasteiger charge is 2.14. The van der Waals surface area contributed by atoms with Gasteiger partial charge < -0.3 is 10.2 Å². The summed E-state index contributed by atoms with van der Waals surface area (Å²) in [4.78, 5) is 8.41. The molecule has 0 bridgehead atoms. The van der Waals surface area contributed by atoms with Crippen LogP contribution in [0.25, 0.3) is 0 Å². The fourth-order valence-corrected chi connectivity index (χ4v) is 3.25. The maximum atomic E-state index is 4.53. The van der Waals surface area contributed by atoms with Crippen molar-refractivity contribution in [2.24, 2.45) is 0 Å². The molecule has 1 aliphatic heterocycles. The van der Waals surface area contributed by atoms with Gasteiger partial charge in [0.05, 0.1) is 5.69 Å². The third kappa shape index (κ3) is 3.68. The number of nitrogens with zero attached hydrogens (tertiary/aromatic N) is 2. The number of aromatic nitrogens is 1. The average Bonchev–Trinajstić information content (AvgIpc) is 2.59. The molecule has 96 valence electrons. The minimum atomic E-state index is 0.484. The third-order valence-corrected chi connectivity index (χ3v) is 4.38. The van der Waals surface area contributed by atoms with Crippen LogP contribution in [0.15, 0.2) is 0 Å². The van der Waals surface area contributed by atoms with Crippen LogP contribution in [-0.4, -0.2) is 35.6 Å². The van der Waals surface area contributed by atoms with E-state index in [1.54, 1.807) is 11.3 Å². The Bertz CT molecular complexity index is 336. The Morgan fingerprint density at radius 2 is 2.00 bits per heavy atom. The van der Waals surface area contributed by atoms with Crippen LogP contribution in [-0.2, 0) is 0 Å². The topological polar surface area (TPSA) is 28.2 Å². The van der Waals surface area contributed by atoms with Crippen LogP contribution in [0.3, 0.4) is 0 Å². The van der Waals surface area contributed by atoms with Gasteiger partial charge in [-0.15, -0.1) is 11.3 Å². The van der Waals surface area contributed by atoms with Crippen LogP contribution in [0.1, 0.15) is 36.8 Å². The number of rotatable bonds is 4. The Balaban J connectivity index is 1.81. The van der Waals surface area contributed by atoms with Crippen LogP contribution in [0.2, 0.25) is 0 Å². The van der Waals surface area contributed by atoms with Gasteiger partial charge in [0, 0.05) is 17.5 Å². The van der Waals surface area contributed by atoms with Crippen LogP contribution >= 0.6 is 11.3 Å². The van der Waals surface area contributed by atoms with E-state index in [1.165, 1.54) is 37.2 Å². The minimum Gasteiger partial charge on any atom is -0.358 e. The predicted octanol–water partition coefficient (Wildman–Crippen LogP) is 3.05. The van der Waals surface area contributed by atoms with Crippen molar-refractivity contribution < 1.29 is 0 Å². The molecule has 1 fully saturated rings. The predicted molar refractivity (Wildman–Crippen MR) is 75.0 cm³/mol. The van der Waals surface area contributed by atoms with Crippen molar-refractivity contribution in [2.75, 3.05) is 25.0 Å². The van der Waals surface area contributed by atoms with Crippen molar-refractivity contribution >= 4 is 16.5 Å². The molecular weight excluding hydrogens is 230 g/mol. The zero-order chi connectivity index (χ0) is 12.3. The summed E-state index contributed by atoms with van der Waals surface area (Å²) in [7, 11) is 0. The monoisotopic (exact) mass is 253 g/mol. The molecule has 1 aromatic rings. The molecule has 0 aromatic carbocycles. The lowest BCUT2D eigenvalue weighted by Gasteiger charge is -2.29. The van der Waals surface area contributed by atoms with Gasteiger partial charge in [0.15, 0.2) is 5.13 Å². The van der Waals surface area contributed by atoms with Gasteiger partial charge in [-0.25, -0.2) is 4.98 Å². The fraction of sp³-hybridized carbons (Fsp3) is 0.769. The summed E-state index contributed by atoms with van der Waals surface area (Å²) in [6.45, 7) is 10.1. The van der Waals surface area contributed by atoms with E-state index in [-0.39, 0.29) is 0 Å². The SMILES string of the molecule is Cc1nc(NC(C)CN2CCCCC2)sc1C. The summed E-state index contributed by atoms with van der Waals surface area (Å²) >= 11 is 1.76. The molecule has 0 spiro atoms. The second kappa shape index (κ2) is 5.83. The molecule has 2 heterocycles. The number of anilines is 1. The molecule has 2 rings (SSSR count). The molecule has 1 N–H and O–H groups in total. The standard InChI is InChI=1S/C13H23N3S/c1-10(9-16-7-5-4-6-8-16)14-13-15-11(2)12(3)17-13/h10H,4-9H2,1-3H3,(H,14,15). The van der Waals surface area contributed by atoms with Crippen molar-refractivity contribution in [1.29, 1.82) is 0 Å². The summed E-state index contributed by atoms with van der Waals surface area (Å²) in [6, 6.07) is 0.484. The zero-order valence-corrected chi connectivity index (χ0v) is 11.9. The highest BCUT2D eigenvalue weighted by Crippen LogP contribution is 2.22. The second-order valence-electron chi connectivity index (χ2n) is 5.07. The lowest BCUT2D eigenvalue weighted by Crippen LogP contribution is -2.38. The van der Waals surface area contributed by atoms with Crippen molar-refractivity contribution in [3.8, 4) is 0 Å². The van der Waals surface area contributed by atoms with Gasteiger partial charge in [-0.3, -0.25) is 0 Å². The highest BCUT2D eigenvalue weighted by molar-refractivity contribution is 7.15. The maximum absolute atomic E-state index is 4.53. The summed E-state index contributed by atoms with van der Waals surface area (Å²) < 4.78 is 0. The van der Waals surface area contributed by atoms with Crippen LogP contribution in [0.4, 0.5) is 5.13 Å². The lowest BCUT2D eigenvalue weighted by molar-refractivity contribution is 0.223. The summed E-state index contributed by atoms with van der Waals surface area (Å²) in [5.41, 5.74) is 1.16. The summed E-state index contributed by atoms with van der Waals surface area (Å²) in [5, 5.41) is 4.59. The fourth-order valence-electron chi connectivity index (χ4n) is 2.32. The molecule has 0 amide bonds. The van der Waals surface area contributed by atoms with Gasteiger partial charge >= 0.3 is 0 Å². The van der Waals surface area contributed by atoms with E-state index >= 15 is 0 Å². The number of hydrogen-bond acceptors (Lipinski definition) is 4. The maximum Gasteiger partial charge on any atom is 0.183 e. The Hall–Kier alpha value is -0.610. The van der Waals surface area contributed by atoms with Crippen LogP contribution < -0.4 is 5.32 Å². The largest absolute Gasteiger partial charge is 0.358 e. The molecule has 1 atom stereocenters. The van der Waals surface area contributed by atoms with Crippen molar-refractivity contribution in [1.82, 2.24) is 9.88 Å². The van der Waals surface area contributed by atoms with E-state index in [9.17, 15) is 0 Å². The van der Waals surface area contributed by atoms with E-state index in [4.69, 9.17) is 0 Å². The van der Waals surface area contributed by atoms with Gasteiger partial charge in [-0.2, -0.15) is 0 Å². The van der Waals surface area contributed by atoms with Crippen molar-refractivity contribution in [3.05, 3.63) is 10.6 Å². The second-order valence-corrected chi connectivity index (χ2v) is 6.27. The highest BCUT2D eigenvalue weighted by atomic mass is 32.1.